The van der Waals surface area contributed by atoms with E-state index in [4.69, 9.17) is 22.1 Å². The molecule has 2 atom stereocenters. The third kappa shape index (κ3) is 4.90. The summed E-state index contributed by atoms with van der Waals surface area (Å²) in [5.74, 6) is 4.78. The van der Waals surface area contributed by atoms with E-state index < -0.39 is 17.5 Å². The highest BCUT2D eigenvalue weighted by Crippen LogP contribution is 2.35. The van der Waals surface area contributed by atoms with E-state index in [1.807, 2.05) is 6.07 Å². The van der Waals surface area contributed by atoms with Gasteiger partial charge in [-0.25, -0.2) is 9.78 Å². The molecule has 0 spiro atoms. The molecule has 28 heavy (non-hydrogen) atoms. The average Bonchev–Trinajstić information content (AvgIpc) is 2.67. The Morgan fingerprint density at radius 3 is 2.79 bits per heavy atom. The van der Waals surface area contributed by atoms with Crippen molar-refractivity contribution < 1.29 is 14.3 Å². The van der Waals surface area contributed by atoms with Crippen molar-refractivity contribution in [2.75, 3.05) is 0 Å². The van der Waals surface area contributed by atoms with Gasteiger partial charge in [0.15, 0.2) is 5.60 Å². The van der Waals surface area contributed by atoms with Crippen molar-refractivity contribution in [3.05, 3.63) is 64.4 Å². The summed E-state index contributed by atoms with van der Waals surface area (Å²) in [4.78, 5) is 28.7. The number of rotatable bonds is 3. The van der Waals surface area contributed by atoms with Crippen LogP contribution in [0.2, 0.25) is 5.02 Å². The smallest absolute Gasteiger partial charge is 0.358 e. The molecule has 1 fully saturated rings. The van der Waals surface area contributed by atoms with E-state index in [1.165, 1.54) is 0 Å². The minimum absolute atomic E-state index is 0.213. The fraction of sp³-hybridized carbons (Fsp3) is 0.318. The summed E-state index contributed by atoms with van der Waals surface area (Å²) in [5.41, 5.74) is 6.06. The molecule has 0 unspecified atom stereocenters. The van der Waals surface area contributed by atoms with Crippen LogP contribution in [0.4, 0.5) is 0 Å². The Morgan fingerprint density at radius 2 is 2.07 bits per heavy atom. The first-order chi connectivity index (χ1) is 13.4. The Morgan fingerprint density at radius 1 is 1.29 bits per heavy atom. The van der Waals surface area contributed by atoms with E-state index in [1.54, 1.807) is 43.3 Å². The lowest BCUT2D eigenvalue weighted by molar-refractivity contribution is -0.125. The summed E-state index contributed by atoms with van der Waals surface area (Å²) in [6.45, 7) is 1.80. The van der Waals surface area contributed by atoms with Crippen molar-refractivity contribution in [2.45, 2.75) is 38.2 Å². The zero-order valence-electron chi connectivity index (χ0n) is 15.6. The standard InChI is InChI=1S/C22H21ClN2O3/c1-15-5-2-9-19(25-15)21(27)28-22(11-4-7-17(14-22)20(24)26)12-10-16-6-3-8-18(23)13-16/h2-3,5-6,8-9,13,17H,4,7,11,14H2,1H3,(H2,24,26)/t17-,22+/m0/s1. The van der Waals surface area contributed by atoms with E-state index in [0.29, 0.717) is 35.5 Å². The molecule has 0 bridgehead atoms. The zero-order chi connectivity index (χ0) is 20.1. The first-order valence-corrected chi connectivity index (χ1v) is 9.50. The molecule has 1 aliphatic rings. The van der Waals surface area contributed by atoms with E-state index in [0.717, 1.165) is 0 Å². The van der Waals surface area contributed by atoms with Gasteiger partial charge in [0.1, 0.15) is 5.69 Å². The number of carbonyl (C=O) groups excluding carboxylic acids is 2. The van der Waals surface area contributed by atoms with Crippen LogP contribution >= 0.6 is 11.6 Å². The molecule has 1 aliphatic carbocycles. The normalized spacial score (nSPS) is 21.3. The average molecular weight is 397 g/mol. The minimum Gasteiger partial charge on any atom is -0.441 e. The highest BCUT2D eigenvalue weighted by molar-refractivity contribution is 6.30. The topological polar surface area (TPSA) is 82.3 Å². The number of ether oxygens (including phenoxy) is 1. The molecular formula is C22H21ClN2O3. The second-order valence-corrected chi connectivity index (χ2v) is 7.44. The summed E-state index contributed by atoms with van der Waals surface area (Å²) in [7, 11) is 0. The van der Waals surface area contributed by atoms with Crippen LogP contribution in [0.3, 0.4) is 0 Å². The lowest BCUT2D eigenvalue weighted by Crippen LogP contribution is -2.42. The van der Waals surface area contributed by atoms with Gasteiger partial charge in [-0.2, -0.15) is 0 Å². The summed E-state index contributed by atoms with van der Waals surface area (Å²) in [6.07, 6.45) is 2.15. The summed E-state index contributed by atoms with van der Waals surface area (Å²) < 4.78 is 5.84. The van der Waals surface area contributed by atoms with Crippen molar-refractivity contribution in [1.29, 1.82) is 0 Å². The monoisotopic (exact) mass is 396 g/mol. The number of nitrogens with zero attached hydrogens (tertiary/aromatic N) is 1. The quantitative estimate of drug-likeness (QED) is 0.634. The summed E-state index contributed by atoms with van der Waals surface area (Å²) in [5, 5.41) is 0.570. The van der Waals surface area contributed by atoms with Gasteiger partial charge in [-0.1, -0.05) is 29.7 Å². The zero-order valence-corrected chi connectivity index (χ0v) is 16.3. The second-order valence-electron chi connectivity index (χ2n) is 7.00. The van der Waals surface area contributed by atoms with E-state index >= 15 is 0 Å². The molecule has 0 aliphatic heterocycles. The maximum Gasteiger partial charge on any atom is 0.358 e. The van der Waals surface area contributed by atoms with E-state index in [-0.39, 0.29) is 18.0 Å². The lowest BCUT2D eigenvalue weighted by Gasteiger charge is -2.35. The van der Waals surface area contributed by atoms with Crippen LogP contribution in [-0.2, 0) is 9.53 Å². The Hall–Kier alpha value is -2.84. The summed E-state index contributed by atoms with van der Waals surface area (Å²) in [6, 6.07) is 12.3. The maximum absolute atomic E-state index is 12.7. The molecule has 2 N–H and O–H groups in total. The van der Waals surface area contributed by atoms with Gasteiger partial charge >= 0.3 is 5.97 Å². The van der Waals surface area contributed by atoms with Crippen LogP contribution in [0.25, 0.3) is 0 Å². The Labute approximate surface area is 169 Å². The number of hydrogen-bond donors (Lipinski definition) is 1. The molecular weight excluding hydrogens is 376 g/mol. The molecule has 5 nitrogen and oxygen atoms in total. The number of primary amides is 1. The molecule has 6 heteroatoms. The molecule has 0 saturated heterocycles. The number of carbonyl (C=O) groups is 2. The number of nitrogens with two attached hydrogens (primary N) is 1. The molecule has 0 radical (unpaired) electrons. The number of amides is 1. The second kappa shape index (κ2) is 8.45. The number of benzene rings is 1. The van der Waals surface area contributed by atoms with E-state index in [2.05, 4.69) is 16.8 Å². The summed E-state index contributed by atoms with van der Waals surface area (Å²) >= 11 is 6.02. The fourth-order valence-corrected chi connectivity index (χ4v) is 3.54. The first kappa shape index (κ1) is 19.9. The van der Waals surface area contributed by atoms with Crippen molar-refractivity contribution >= 4 is 23.5 Å². The van der Waals surface area contributed by atoms with Crippen molar-refractivity contribution in [3.8, 4) is 11.8 Å². The molecule has 1 aromatic heterocycles. The van der Waals surface area contributed by atoms with Crippen molar-refractivity contribution in [2.24, 2.45) is 11.7 Å². The van der Waals surface area contributed by atoms with Gasteiger partial charge in [-0.3, -0.25) is 4.79 Å². The third-order valence-corrected chi connectivity index (χ3v) is 4.99. The maximum atomic E-state index is 12.7. The van der Waals surface area contributed by atoms with Gasteiger partial charge in [0, 0.05) is 28.6 Å². The molecule has 1 saturated carbocycles. The predicted octanol–water partition coefficient (Wildman–Crippen LogP) is 3.67. The largest absolute Gasteiger partial charge is 0.441 e. The molecule has 1 heterocycles. The third-order valence-electron chi connectivity index (χ3n) is 4.76. The fourth-order valence-electron chi connectivity index (χ4n) is 3.35. The van der Waals surface area contributed by atoms with Crippen LogP contribution in [-0.4, -0.2) is 22.5 Å². The molecule has 2 aromatic rings. The Kier molecular flexibility index (Phi) is 6.01. The Bertz CT molecular complexity index is 963. The SMILES string of the molecule is Cc1cccc(C(=O)O[C@@]2(C#Cc3cccc(Cl)c3)CCC[C@H](C(N)=O)C2)n1. The van der Waals surface area contributed by atoms with Crippen LogP contribution in [0.15, 0.2) is 42.5 Å². The van der Waals surface area contributed by atoms with Crippen LogP contribution in [0, 0.1) is 24.7 Å². The number of halogens is 1. The number of aromatic nitrogens is 1. The van der Waals surface area contributed by atoms with Crippen molar-refractivity contribution in [1.82, 2.24) is 4.98 Å². The van der Waals surface area contributed by atoms with Gasteiger partial charge in [-0.15, -0.1) is 0 Å². The first-order valence-electron chi connectivity index (χ1n) is 9.12. The van der Waals surface area contributed by atoms with Gasteiger partial charge in [0.05, 0.1) is 0 Å². The number of esters is 1. The lowest BCUT2D eigenvalue weighted by atomic mass is 9.77. The van der Waals surface area contributed by atoms with Crippen molar-refractivity contribution in [3.63, 3.8) is 0 Å². The molecule has 1 aromatic carbocycles. The van der Waals surface area contributed by atoms with Crippen LogP contribution in [0.5, 0.6) is 0 Å². The minimum atomic E-state index is -1.09. The Balaban J connectivity index is 1.93. The number of pyridine rings is 1. The molecule has 144 valence electrons. The predicted molar refractivity (Wildman–Crippen MR) is 107 cm³/mol. The number of aryl methyl sites for hydroxylation is 1. The molecule has 1 amide bonds. The van der Waals surface area contributed by atoms with Gasteiger partial charge in [0.2, 0.25) is 5.91 Å². The van der Waals surface area contributed by atoms with E-state index in [9.17, 15) is 9.59 Å². The highest BCUT2D eigenvalue weighted by Gasteiger charge is 2.41. The van der Waals surface area contributed by atoms with Gasteiger partial charge < -0.3 is 10.5 Å². The highest BCUT2D eigenvalue weighted by atomic mass is 35.5. The molecule has 3 rings (SSSR count). The van der Waals surface area contributed by atoms with Gasteiger partial charge in [0.25, 0.3) is 0 Å². The van der Waals surface area contributed by atoms with Crippen LogP contribution < -0.4 is 5.73 Å². The van der Waals surface area contributed by atoms with Gasteiger partial charge in [-0.05, 0) is 62.4 Å². The number of hydrogen-bond acceptors (Lipinski definition) is 4. The van der Waals surface area contributed by atoms with Crippen LogP contribution in [0.1, 0.15) is 47.4 Å².